The van der Waals surface area contributed by atoms with Gasteiger partial charge in [0.05, 0.1) is 6.54 Å². The Bertz CT molecular complexity index is 1150. The van der Waals surface area contributed by atoms with Crippen molar-refractivity contribution in [3.8, 4) is 28.7 Å². The minimum absolute atomic E-state index is 0.211. The lowest BCUT2D eigenvalue weighted by Crippen LogP contribution is -2.16. The van der Waals surface area contributed by atoms with Crippen molar-refractivity contribution in [3.63, 3.8) is 0 Å². The molecule has 0 aliphatic carbocycles. The number of hydrogen-bond acceptors (Lipinski definition) is 6. The highest BCUT2D eigenvalue weighted by molar-refractivity contribution is 14.1. The van der Waals surface area contributed by atoms with Crippen LogP contribution in [-0.2, 0) is 6.54 Å². The summed E-state index contributed by atoms with van der Waals surface area (Å²) in [5, 5.41) is 8.40. The van der Waals surface area contributed by atoms with Gasteiger partial charge in [-0.05, 0) is 71.5 Å². The Morgan fingerprint density at radius 2 is 1.90 bits per heavy atom. The molecule has 0 saturated heterocycles. The zero-order valence-electron chi connectivity index (χ0n) is 15.4. The first-order valence-corrected chi connectivity index (χ1v) is 9.70. The molecule has 3 heterocycles. The van der Waals surface area contributed by atoms with Gasteiger partial charge in [-0.2, -0.15) is 10.1 Å². The van der Waals surface area contributed by atoms with Crippen LogP contribution < -0.4 is 4.74 Å². The fourth-order valence-electron chi connectivity index (χ4n) is 2.70. The summed E-state index contributed by atoms with van der Waals surface area (Å²) in [5.74, 6) is 0.121. The number of halogens is 4. The van der Waals surface area contributed by atoms with Crippen LogP contribution in [0.15, 0.2) is 53.2 Å². The summed E-state index contributed by atoms with van der Waals surface area (Å²) in [6.45, 7) is 2.45. The minimum Gasteiger partial charge on any atom is -0.406 e. The summed E-state index contributed by atoms with van der Waals surface area (Å²) in [6, 6.07) is 10.9. The average Bonchev–Trinajstić information content (AvgIpc) is 3.30. The van der Waals surface area contributed by atoms with Crippen molar-refractivity contribution in [2.24, 2.45) is 0 Å². The summed E-state index contributed by atoms with van der Waals surface area (Å²) in [4.78, 5) is 8.56. The summed E-state index contributed by atoms with van der Waals surface area (Å²) in [6.07, 6.45) is -2.95. The molecular weight excluding hydrogens is 514 g/mol. The van der Waals surface area contributed by atoms with E-state index in [0.717, 1.165) is 15.0 Å². The summed E-state index contributed by atoms with van der Waals surface area (Å²) in [5.41, 5.74) is 2.89. The highest BCUT2D eigenvalue weighted by Crippen LogP contribution is 2.27. The quantitative estimate of drug-likeness (QED) is 0.273. The number of ether oxygens (including phenoxy) is 1. The number of aromatic nitrogens is 5. The molecule has 0 unspecified atom stereocenters. The van der Waals surface area contributed by atoms with Gasteiger partial charge >= 0.3 is 6.36 Å². The molecule has 4 aromatic rings. The van der Waals surface area contributed by atoms with Gasteiger partial charge in [-0.1, -0.05) is 11.2 Å². The van der Waals surface area contributed by atoms with E-state index in [2.05, 4.69) is 47.6 Å². The van der Waals surface area contributed by atoms with E-state index in [-0.39, 0.29) is 17.5 Å². The van der Waals surface area contributed by atoms with Gasteiger partial charge in [0.2, 0.25) is 5.82 Å². The predicted octanol–water partition coefficient (Wildman–Crippen LogP) is 4.86. The summed E-state index contributed by atoms with van der Waals surface area (Å²) in [7, 11) is 0. The molecule has 7 nitrogen and oxygen atoms in total. The fourth-order valence-corrected chi connectivity index (χ4v) is 3.02. The highest BCUT2D eigenvalue weighted by Gasteiger charge is 2.31. The largest absolute Gasteiger partial charge is 0.573 e. The Morgan fingerprint density at radius 3 is 2.57 bits per heavy atom. The Labute approximate surface area is 182 Å². The van der Waals surface area contributed by atoms with Gasteiger partial charge < -0.3 is 9.26 Å². The van der Waals surface area contributed by atoms with Crippen molar-refractivity contribution in [3.05, 3.63) is 63.6 Å². The molecule has 11 heteroatoms. The van der Waals surface area contributed by atoms with Gasteiger partial charge in [0, 0.05) is 17.5 Å². The van der Waals surface area contributed by atoms with E-state index in [0.29, 0.717) is 17.8 Å². The van der Waals surface area contributed by atoms with Crippen molar-refractivity contribution in [1.29, 1.82) is 0 Å². The number of aryl methyl sites for hydroxylation is 1. The van der Waals surface area contributed by atoms with Crippen LogP contribution in [0.2, 0.25) is 0 Å². The molecule has 3 aromatic heterocycles. The van der Waals surface area contributed by atoms with Gasteiger partial charge in [-0.15, -0.1) is 13.2 Å². The maximum Gasteiger partial charge on any atom is 0.573 e. The molecule has 0 fully saturated rings. The van der Waals surface area contributed by atoms with Crippen LogP contribution in [0, 0.1) is 10.6 Å². The summed E-state index contributed by atoms with van der Waals surface area (Å²) >= 11 is 2.14. The predicted molar refractivity (Wildman–Crippen MR) is 108 cm³/mol. The van der Waals surface area contributed by atoms with Crippen molar-refractivity contribution < 1.29 is 22.4 Å². The van der Waals surface area contributed by atoms with Crippen LogP contribution in [0.1, 0.15) is 11.3 Å². The van der Waals surface area contributed by atoms with Crippen LogP contribution >= 0.6 is 22.6 Å². The molecule has 0 amide bonds. The van der Waals surface area contributed by atoms with E-state index in [1.807, 2.05) is 25.1 Å². The zero-order valence-corrected chi connectivity index (χ0v) is 17.5. The number of rotatable bonds is 5. The molecule has 0 bridgehead atoms. The fraction of sp³-hybridized carbons (Fsp3) is 0.158. The molecule has 4 rings (SSSR count). The first-order chi connectivity index (χ1) is 14.3. The Hall–Kier alpha value is -2.96. The third-order valence-electron chi connectivity index (χ3n) is 4.09. The number of pyridine rings is 1. The SMILES string of the molecule is Cc1cc(-c2nc(-c3ccc(OC(F)(F)F)cc3)no2)nn1Cc1ccc(I)nc1. The normalized spacial score (nSPS) is 11.6. The Kier molecular flexibility index (Phi) is 5.45. The van der Waals surface area contributed by atoms with E-state index < -0.39 is 6.36 Å². The van der Waals surface area contributed by atoms with Gasteiger partial charge in [0.15, 0.2) is 5.69 Å². The van der Waals surface area contributed by atoms with Gasteiger partial charge in [0.25, 0.3) is 5.89 Å². The molecule has 30 heavy (non-hydrogen) atoms. The number of benzene rings is 1. The zero-order chi connectivity index (χ0) is 21.3. The van der Waals surface area contributed by atoms with E-state index >= 15 is 0 Å². The lowest BCUT2D eigenvalue weighted by atomic mass is 10.2. The molecule has 0 saturated carbocycles. The van der Waals surface area contributed by atoms with Crippen molar-refractivity contribution in [1.82, 2.24) is 24.9 Å². The van der Waals surface area contributed by atoms with Crippen molar-refractivity contribution >= 4 is 22.6 Å². The van der Waals surface area contributed by atoms with Gasteiger partial charge in [0.1, 0.15) is 9.45 Å². The van der Waals surface area contributed by atoms with E-state index in [9.17, 15) is 13.2 Å². The van der Waals surface area contributed by atoms with Crippen LogP contribution in [0.4, 0.5) is 13.2 Å². The van der Waals surface area contributed by atoms with Gasteiger partial charge in [-0.3, -0.25) is 4.68 Å². The van der Waals surface area contributed by atoms with Crippen LogP contribution in [-0.4, -0.2) is 31.3 Å². The average molecular weight is 527 g/mol. The molecular formula is C19H13F3IN5O2. The van der Waals surface area contributed by atoms with Crippen molar-refractivity contribution in [2.45, 2.75) is 19.8 Å². The van der Waals surface area contributed by atoms with Gasteiger partial charge in [-0.25, -0.2) is 4.98 Å². The van der Waals surface area contributed by atoms with Crippen LogP contribution in [0.25, 0.3) is 23.0 Å². The Balaban J connectivity index is 1.52. The first kappa shape index (κ1) is 20.3. The molecule has 0 aliphatic rings. The number of hydrogen-bond donors (Lipinski definition) is 0. The maximum absolute atomic E-state index is 12.3. The van der Waals surface area contributed by atoms with Crippen LogP contribution in [0.3, 0.4) is 0 Å². The third kappa shape index (κ3) is 4.78. The smallest absolute Gasteiger partial charge is 0.406 e. The second-order valence-corrected chi connectivity index (χ2v) is 7.42. The monoisotopic (exact) mass is 527 g/mol. The molecule has 1 aromatic carbocycles. The summed E-state index contributed by atoms with van der Waals surface area (Å²) < 4.78 is 48.7. The van der Waals surface area contributed by atoms with E-state index in [1.165, 1.54) is 24.3 Å². The third-order valence-corrected chi connectivity index (χ3v) is 4.73. The first-order valence-electron chi connectivity index (χ1n) is 8.62. The molecule has 0 aliphatic heterocycles. The minimum atomic E-state index is -4.74. The lowest BCUT2D eigenvalue weighted by Gasteiger charge is -2.08. The topological polar surface area (TPSA) is 78.9 Å². The second-order valence-electron chi connectivity index (χ2n) is 6.31. The number of nitrogens with zero attached hydrogens (tertiary/aromatic N) is 5. The molecule has 0 spiro atoms. The highest BCUT2D eigenvalue weighted by atomic mass is 127. The Morgan fingerprint density at radius 1 is 1.13 bits per heavy atom. The standard InChI is InChI=1S/C19H13F3IN5O2/c1-11-8-15(26-28(11)10-12-2-7-16(23)24-9-12)18-25-17(27-30-18)13-3-5-14(6-4-13)29-19(20,21)22/h2-9H,10H2,1H3. The van der Waals surface area contributed by atoms with E-state index in [4.69, 9.17) is 4.52 Å². The van der Waals surface area contributed by atoms with E-state index in [1.54, 1.807) is 10.9 Å². The van der Waals surface area contributed by atoms with Crippen molar-refractivity contribution in [2.75, 3.05) is 0 Å². The molecule has 0 radical (unpaired) electrons. The molecule has 0 N–H and O–H groups in total. The van der Waals surface area contributed by atoms with Crippen LogP contribution in [0.5, 0.6) is 5.75 Å². The molecule has 154 valence electrons. The second kappa shape index (κ2) is 8.05. The molecule has 0 atom stereocenters. The lowest BCUT2D eigenvalue weighted by molar-refractivity contribution is -0.274. The maximum atomic E-state index is 12.3. The number of alkyl halides is 3.